The maximum Gasteiger partial charge on any atom is 0.419 e. The first kappa shape index (κ1) is 23.4. The summed E-state index contributed by atoms with van der Waals surface area (Å²) in [5.41, 5.74) is -0.443. The summed E-state index contributed by atoms with van der Waals surface area (Å²) >= 11 is 6.10. The van der Waals surface area contributed by atoms with Crippen LogP contribution in [0.25, 0.3) is 22.3 Å². The van der Waals surface area contributed by atoms with E-state index in [0.717, 1.165) is 42.5 Å². The molecular formula is C24H27ClF2N4O2. The van der Waals surface area contributed by atoms with Crippen LogP contribution in [0.5, 0.6) is 0 Å². The second-order valence-electron chi connectivity index (χ2n) is 9.68. The Bertz CT molecular complexity index is 1210. The van der Waals surface area contributed by atoms with Crippen LogP contribution in [0.15, 0.2) is 24.5 Å². The Labute approximate surface area is 196 Å². The minimum atomic E-state index is -0.780. The van der Waals surface area contributed by atoms with Gasteiger partial charge in [0.25, 0.3) is 0 Å². The zero-order valence-corrected chi connectivity index (χ0v) is 19.8. The molecule has 1 aromatic carbocycles. The van der Waals surface area contributed by atoms with Gasteiger partial charge in [-0.15, -0.1) is 0 Å². The van der Waals surface area contributed by atoms with Gasteiger partial charge in [-0.2, -0.15) is 0 Å². The number of nitrogens with zero attached hydrogens (tertiary/aromatic N) is 3. The highest BCUT2D eigenvalue weighted by molar-refractivity contribution is 6.31. The monoisotopic (exact) mass is 476 g/mol. The van der Waals surface area contributed by atoms with Gasteiger partial charge in [-0.1, -0.05) is 31.4 Å². The van der Waals surface area contributed by atoms with E-state index in [9.17, 15) is 13.6 Å². The van der Waals surface area contributed by atoms with E-state index in [1.165, 1.54) is 12.3 Å². The Morgan fingerprint density at radius 3 is 2.70 bits per heavy atom. The first-order chi connectivity index (χ1) is 15.5. The lowest BCUT2D eigenvalue weighted by molar-refractivity contribution is 0.0543. The van der Waals surface area contributed by atoms with Crippen LogP contribution in [-0.2, 0) is 4.74 Å². The molecule has 1 saturated carbocycles. The van der Waals surface area contributed by atoms with E-state index >= 15 is 0 Å². The van der Waals surface area contributed by atoms with E-state index in [1.54, 1.807) is 20.8 Å². The number of carbonyl (C=O) groups is 1. The number of hydrogen-bond acceptors (Lipinski definition) is 5. The van der Waals surface area contributed by atoms with Crippen LogP contribution < -0.4 is 5.32 Å². The SMILES string of the molecule is C[C@@H]1CCC[C@H](Nc2nc(-c3cn(C(=O)OC(C)(C)C)c4c(F)cc(Cl)cc34)ncc2F)C1. The van der Waals surface area contributed by atoms with Gasteiger partial charge in [0.2, 0.25) is 0 Å². The number of benzene rings is 1. The molecule has 0 amide bonds. The van der Waals surface area contributed by atoms with Gasteiger partial charge < -0.3 is 10.1 Å². The third kappa shape index (κ3) is 5.11. The fourth-order valence-electron chi connectivity index (χ4n) is 4.27. The van der Waals surface area contributed by atoms with Crippen molar-refractivity contribution in [1.82, 2.24) is 14.5 Å². The highest BCUT2D eigenvalue weighted by Gasteiger charge is 2.26. The summed E-state index contributed by atoms with van der Waals surface area (Å²) in [5, 5.41) is 3.68. The van der Waals surface area contributed by atoms with Gasteiger partial charge in [0.05, 0.1) is 11.7 Å². The lowest BCUT2D eigenvalue weighted by atomic mass is 9.87. The van der Waals surface area contributed by atoms with Crippen LogP contribution in [0.3, 0.4) is 0 Å². The summed E-state index contributed by atoms with van der Waals surface area (Å²) in [6, 6.07) is 2.76. The first-order valence-electron chi connectivity index (χ1n) is 11.0. The Balaban J connectivity index is 1.79. The first-order valence-corrected chi connectivity index (χ1v) is 11.4. The van der Waals surface area contributed by atoms with E-state index in [1.807, 2.05) is 0 Å². The molecule has 9 heteroatoms. The number of ether oxygens (including phenoxy) is 1. The van der Waals surface area contributed by atoms with Crippen LogP contribution in [0.1, 0.15) is 53.4 Å². The van der Waals surface area contributed by atoms with Crippen molar-refractivity contribution in [3.63, 3.8) is 0 Å². The molecule has 4 rings (SSSR count). The van der Waals surface area contributed by atoms with Crippen molar-refractivity contribution in [2.75, 3.05) is 5.32 Å². The predicted octanol–water partition coefficient (Wildman–Crippen LogP) is 6.80. The van der Waals surface area contributed by atoms with Crippen molar-refractivity contribution in [2.45, 2.75) is 65.0 Å². The predicted molar refractivity (Wildman–Crippen MR) is 125 cm³/mol. The van der Waals surface area contributed by atoms with Crippen molar-refractivity contribution in [1.29, 1.82) is 0 Å². The van der Waals surface area contributed by atoms with Crippen molar-refractivity contribution >= 4 is 34.4 Å². The summed E-state index contributed by atoms with van der Waals surface area (Å²) in [4.78, 5) is 21.3. The number of carbonyl (C=O) groups excluding carboxylic acids is 1. The molecular weight excluding hydrogens is 450 g/mol. The van der Waals surface area contributed by atoms with Gasteiger partial charge in [-0.3, -0.25) is 0 Å². The normalized spacial score (nSPS) is 19.0. The van der Waals surface area contributed by atoms with E-state index in [-0.39, 0.29) is 28.2 Å². The van der Waals surface area contributed by atoms with E-state index in [4.69, 9.17) is 16.3 Å². The number of halogens is 3. The fraction of sp³-hybridized carbons (Fsp3) is 0.458. The lowest BCUT2D eigenvalue weighted by Gasteiger charge is -2.28. The minimum absolute atomic E-state index is 0.00723. The second kappa shape index (κ2) is 8.89. The molecule has 2 heterocycles. The molecule has 2 aromatic heterocycles. The van der Waals surface area contributed by atoms with Crippen molar-refractivity contribution in [3.05, 3.63) is 41.2 Å². The summed E-state index contributed by atoms with van der Waals surface area (Å²) in [6.45, 7) is 7.34. The van der Waals surface area contributed by atoms with Gasteiger partial charge in [0, 0.05) is 28.2 Å². The molecule has 0 bridgehead atoms. The highest BCUT2D eigenvalue weighted by Crippen LogP contribution is 2.34. The van der Waals surface area contributed by atoms with E-state index in [0.29, 0.717) is 16.9 Å². The number of hydrogen-bond donors (Lipinski definition) is 1. The Morgan fingerprint density at radius 1 is 1.24 bits per heavy atom. The Kier molecular flexibility index (Phi) is 6.31. The standard InChI is InChI=1S/C24H27ClF2N4O2/c1-13-6-5-7-15(8-13)29-22-19(27)11-28-21(30-22)17-12-31(23(32)33-24(2,3)4)20-16(17)9-14(25)10-18(20)26/h9-13,15H,5-8H2,1-4H3,(H,28,29,30)/t13-,15+/m1/s1. The summed E-state index contributed by atoms with van der Waals surface area (Å²) in [6.07, 6.45) is 5.81. The quantitative estimate of drug-likeness (QED) is 0.450. The summed E-state index contributed by atoms with van der Waals surface area (Å²) in [5.74, 6) is -0.475. The van der Waals surface area contributed by atoms with Crippen molar-refractivity contribution in [2.24, 2.45) is 5.92 Å². The number of nitrogens with one attached hydrogen (secondary N) is 1. The van der Waals surface area contributed by atoms with Gasteiger partial charge in [-0.25, -0.2) is 28.1 Å². The molecule has 1 aliphatic rings. The van der Waals surface area contributed by atoms with Crippen molar-refractivity contribution < 1.29 is 18.3 Å². The van der Waals surface area contributed by atoms with Crippen LogP contribution in [0, 0.1) is 17.6 Å². The van der Waals surface area contributed by atoms with E-state index in [2.05, 4.69) is 22.2 Å². The maximum atomic E-state index is 14.9. The summed E-state index contributed by atoms with van der Waals surface area (Å²) in [7, 11) is 0. The highest BCUT2D eigenvalue weighted by atomic mass is 35.5. The number of fused-ring (bicyclic) bond motifs is 1. The Hall–Kier alpha value is -2.74. The maximum absolute atomic E-state index is 14.9. The van der Waals surface area contributed by atoms with Crippen LogP contribution >= 0.6 is 11.6 Å². The molecule has 0 unspecified atom stereocenters. The third-order valence-electron chi connectivity index (χ3n) is 5.67. The number of anilines is 1. The Morgan fingerprint density at radius 2 is 2.00 bits per heavy atom. The molecule has 0 saturated heterocycles. The van der Waals surface area contributed by atoms with Gasteiger partial charge in [0.15, 0.2) is 17.5 Å². The molecule has 0 radical (unpaired) electrons. The lowest BCUT2D eigenvalue weighted by Crippen LogP contribution is -2.27. The minimum Gasteiger partial charge on any atom is -0.443 e. The molecule has 2 atom stereocenters. The molecule has 33 heavy (non-hydrogen) atoms. The molecule has 1 N–H and O–H groups in total. The molecule has 0 aliphatic heterocycles. The number of aromatic nitrogens is 3. The average Bonchev–Trinajstić information content (AvgIpc) is 3.08. The smallest absolute Gasteiger partial charge is 0.419 e. The fourth-order valence-corrected chi connectivity index (χ4v) is 4.47. The van der Waals surface area contributed by atoms with Gasteiger partial charge in [0.1, 0.15) is 11.4 Å². The second-order valence-corrected chi connectivity index (χ2v) is 10.1. The van der Waals surface area contributed by atoms with Crippen LogP contribution in [0.4, 0.5) is 19.4 Å². The average molecular weight is 477 g/mol. The molecule has 3 aromatic rings. The summed E-state index contributed by atoms with van der Waals surface area (Å²) < 4.78 is 35.9. The molecule has 6 nitrogen and oxygen atoms in total. The number of rotatable bonds is 3. The zero-order chi connectivity index (χ0) is 23.9. The molecule has 1 fully saturated rings. The topological polar surface area (TPSA) is 69.0 Å². The van der Waals surface area contributed by atoms with Crippen LogP contribution in [0.2, 0.25) is 5.02 Å². The van der Waals surface area contributed by atoms with E-state index < -0.39 is 23.3 Å². The molecule has 176 valence electrons. The third-order valence-corrected chi connectivity index (χ3v) is 5.89. The van der Waals surface area contributed by atoms with Gasteiger partial charge >= 0.3 is 6.09 Å². The van der Waals surface area contributed by atoms with Gasteiger partial charge in [-0.05, 0) is 51.7 Å². The molecule has 1 aliphatic carbocycles. The zero-order valence-electron chi connectivity index (χ0n) is 19.1. The molecule has 0 spiro atoms. The van der Waals surface area contributed by atoms with Crippen molar-refractivity contribution in [3.8, 4) is 11.4 Å². The largest absolute Gasteiger partial charge is 0.443 e. The van der Waals surface area contributed by atoms with Crippen LogP contribution in [-0.4, -0.2) is 32.3 Å².